The van der Waals surface area contributed by atoms with Gasteiger partial charge in [-0.25, -0.2) is 0 Å². The molecule has 1 aliphatic carbocycles. The molecule has 1 amide bonds. The van der Waals surface area contributed by atoms with E-state index in [1.54, 1.807) is 0 Å². The van der Waals surface area contributed by atoms with Crippen LogP contribution in [0.1, 0.15) is 47.3 Å². The molecule has 114 valence electrons. The van der Waals surface area contributed by atoms with E-state index in [9.17, 15) is 4.79 Å². The number of rotatable bonds is 5. The Hall–Kier alpha value is -0.960. The Morgan fingerprint density at radius 3 is 2.95 bits per heavy atom. The second kappa shape index (κ2) is 7.88. The van der Waals surface area contributed by atoms with E-state index in [-0.39, 0.29) is 17.3 Å². The number of carbonyl (C=O) groups is 1. The van der Waals surface area contributed by atoms with Gasteiger partial charge in [-0.3, -0.25) is 4.79 Å². The highest BCUT2D eigenvalue weighted by atomic mass is 32.2. The lowest BCUT2D eigenvalue weighted by atomic mass is 10.1. The summed E-state index contributed by atoms with van der Waals surface area (Å²) in [4.78, 5) is 13.1. The topological polar surface area (TPSA) is 49.3 Å². The van der Waals surface area contributed by atoms with E-state index < -0.39 is 0 Å². The smallest absolute Gasteiger partial charge is 0.252 e. The van der Waals surface area contributed by atoms with Crippen LogP contribution in [0.25, 0.3) is 0 Å². The standard InChI is InChI=1S/C16H21NO2S2/c1-20-16(7-3-4-8-16)12-17-15(19)13-10-14(21-11-13)6-2-5-9-18/h10-11,18H,3-5,7-9,12H2,1H3,(H,17,19). The first-order chi connectivity index (χ1) is 10.2. The summed E-state index contributed by atoms with van der Waals surface area (Å²) in [5.41, 5.74) is 0.683. The predicted octanol–water partition coefficient (Wildman–Crippen LogP) is 2.89. The Morgan fingerprint density at radius 1 is 1.52 bits per heavy atom. The fraction of sp³-hybridized carbons (Fsp3) is 0.562. The SMILES string of the molecule is CSC1(CNC(=O)c2csc(C#CCCO)c2)CCCC1. The summed E-state index contributed by atoms with van der Waals surface area (Å²) in [5.74, 6) is 5.82. The minimum absolute atomic E-state index is 0.0122. The van der Waals surface area contributed by atoms with Crippen LogP contribution in [0.4, 0.5) is 0 Å². The van der Waals surface area contributed by atoms with Gasteiger partial charge in [0.25, 0.3) is 5.91 Å². The average molecular weight is 323 g/mol. The third-order valence-corrected chi connectivity index (χ3v) is 6.09. The monoisotopic (exact) mass is 323 g/mol. The number of aliphatic hydroxyl groups is 1. The zero-order valence-corrected chi connectivity index (χ0v) is 13.9. The lowest BCUT2D eigenvalue weighted by Gasteiger charge is -2.26. The van der Waals surface area contributed by atoms with Gasteiger partial charge in [0.15, 0.2) is 0 Å². The number of thioether (sulfide) groups is 1. The molecule has 2 N–H and O–H groups in total. The van der Waals surface area contributed by atoms with Crippen LogP contribution in [0.15, 0.2) is 11.4 Å². The number of hydrogen-bond acceptors (Lipinski definition) is 4. The summed E-state index contributed by atoms with van der Waals surface area (Å²) >= 11 is 3.35. The van der Waals surface area contributed by atoms with E-state index in [2.05, 4.69) is 23.4 Å². The number of carbonyl (C=O) groups excluding carboxylic acids is 1. The molecule has 1 heterocycles. The van der Waals surface area contributed by atoms with Crippen molar-refractivity contribution in [2.45, 2.75) is 36.9 Å². The molecule has 2 rings (SSSR count). The maximum Gasteiger partial charge on any atom is 0.252 e. The van der Waals surface area contributed by atoms with Crippen LogP contribution in [0.5, 0.6) is 0 Å². The number of hydrogen-bond donors (Lipinski definition) is 2. The molecular weight excluding hydrogens is 302 g/mol. The molecule has 0 saturated heterocycles. The van der Waals surface area contributed by atoms with Crippen molar-refractivity contribution >= 4 is 29.0 Å². The van der Waals surface area contributed by atoms with Crippen LogP contribution >= 0.6 is 23.1 Å². The number of nitrogens with one attached hydrogen (secondary N) is 1. The Labute approximate surface area is 134 Å². The van der Waals surface area contributed by atoms with Crippen molar-refractivity contribution in [1.29, 1.82) is 0 Å². The molecule has 0 atom stereocenters. The zero-order chi connectivity index (χ0) is 15.1. The summed E-state index contributed by atoms with van der Waals surface area (Å²) in [7, 11) is 0. The quantitative estimate of drug-likeness (QED) is 0.819. The Kier molecular flexibility index (Phi) is 6.16. The van der Waals surface area contributed by atoms with Crippen molar-refractivity contribution < 1.29 is 9.90 Å². The molecule has 1 aromatic rings. The first-order valence-electron chi connectivity index (χ1n) is 7.21. The molecule has 1 aromatic heterocycles. The lowest BCUT2D eigenvalue weighted by Crippen LogP contribution is -2.38. The zero-order valence-electron chi connectivity index (χ0n) is 12.3. The van der Waals surface area contributed by atoms with Gasteiger partial charge in [-0.15, -0.1) is 11.3 Å². The van der Waals surface area contributed by atoms with Crippen LogP contribution in [-0.4, -0.2) is 35.2 Å². The predicted molar refractivity (Wildman–Crippen MR) is 89.9 cm³/mol. The normalized spacial score (nSPS) is 16.3. The van der Waals surface area contributed by atoms with E-state index in [0.29, 0.717) is 12.0 Å². The second-order valence-corrected chi connectivity index (χ2v) is 7.44. The summed E-state index contributed by atoms with van der Waals surface area (Å²) in [6, 6.07) is 1.82. The molecule has 1 fully saturated rings. The second-order valence-electron chi connectivity index (χ2n) is 5.25. The van der Waals surface area contributed by atoms with Gasteiger partial charge in [-0.05, 0) is 25.2 Å². The molecule has 21 heavy (non-hydrogen) atoms. The summed E-state index contributed by atoms with van der Waals surface area (Å²) in [6.07, 6.45) is 7.51. The molecular formula is C16H21NO2S2. The highest BCUT2D eigenvalue weighted by Gasteiger charge is 2.33. The summed E-state index contributed by atoms with van der Waals surface area (Å²) in [6.45, 7) is 0.816. The fourth-order valence-corrected chi connectivity index (χ4v) is 4.21. The van der Waals surface area contributed by atoms with E-state index in [4.69, 9.17) is 5.11 Å². The van der Waals surface area contributed by atoms with Crippen molar-refractivity contribution in [3.8, 4) is 11.8 Å². The lowest BCUT2D eigenvalue weighted by molar-refractivity contribution is 0.0950. The summed E-state index contributed by atoms with van der Waals surface area (Å²) in [5, 5.41) is 13.6. The van der Waals surface area contributed by atoms with Gasteiger partial charge in [-0.1, -0.05) is 24.7 Å². The van der Waals surface area contributed by atoms with Crippen molar-refractivity contribution in [3.05, 3.63) is 21.9 Å². The van der Waals surface area contributed by atoms with Gasteiger partial charge in [0.05, 0.1) is 17.0 Å². The number of amides is 1. The molecule has 0 bridgehead atoms. The van der Waals surface area contributed by atoms with Gasteiger partial charge in [-0.2, -0.15) is 11.8 Å². The molecule has 5 heteroatoms. The average Bonchev–Trinajstić information content (AvgIpc) is 3.15. The fourth-order valence-electron chi connectivity index (χ4n) is 2.54. The van der Waals surface area contributed by atoms with Crippen LogP contribution in [0, 0.1) is 11.8 Å². The van der Waals surface area contributed by atoms with Crippen molar-refractivity contribution in [3.63, 3.8) is 0 Å². The van der Waals surface area contributed by atoms with Crippen molar-refractivity contribution in [2.75, 3.05) is 19.4 Å². The van der Waals surface area contributed by atoms with E-state index in [0.717, 1.165) is 11.4 Å². The molecule has 0 radical (unpaired) electrons. The molecule has 1 aliphatic rings. The van der Waals surface area contributed by atoms with Gasteiger partial charge in [0.1, 0.15) is 0 Å². The van der Waals surface area contributed by atoms with Crippen LogP contribution in [-0.2, 0) is 0 Å². The molecule has 0 aromatic carbocycles. The molecule has 0 unspecified atom stereocenters. The molecule has 1 saturated carbocycles. The summed E-state index contributed by atoms with van der Waals surface area (Å²) < 4.78 is 0.232. The Bertz CT molecular complexity index is 536. The highest BCUT2D eigenvalue weighted by molar-refractivity contribution is 8.00. The maximum absolute atomic E-state index is 12.2. The molecule has 0 aliphatic heterocycles. The molecule has 0 spiro atoms. The van der Waals surface area contributed by atoms with Crippen LogP contribution in [0.3, 0.4) is 0 Å². The van der Waals surface area contributed by atoms with Gasteiger partial charge in [0.2, 0.25) is 0 Å². The van der Waals surface area contributed by atoms with Crippen LogP contribution < -0.4 is 5.32 Å². The first-order valence-corrected chi connectivity index (χ1v) is 9.31. The number of thiophene rings is 1. The number of aliphatic hydroxyl groups excluding tert-OH is 1. The Morgan fingerprint density at radius 2 is 2.29 bits per heavy atom. The highest BCUT2D eigenvalue weighted by Crippen LogP contribution is 2.39. The minimum Gasteiger partial charge on any atom is -0.395 e. The van der Waals surface area contributed by atoms with Crippen molar-refractivity contribution in [1.82, 2.24) is 5.32 Å². The Balaban J connectivity index is 1.90. The van der Waals surface area contributed by atoms with Gasteiger partial charge >= 0.3 is 0 Å². The van der Waals surface area contributed by atoms with E-state index in [1.807, 2.05) is 23.2 Å². The minimum atomic E-state index is -0.0122. The first kappa shape index (κ1) is 16.4. The third kappa shape index (κ3) is 4.50. The van der Waals surface area contributed by atoms with Crippen LogP contribution in [0.2, 0.25) is 0 Å². The molecule has 3 nitrogen and oxygen atoms in total. The van der Waals surface area contributed by atoms with Gasteiger partial charge < -0.3 is 10.4 Å². The van der Waals surface area contributed by atoms with E-state index >= 15 is 0 Å². The maximum atomic E-state index is 12.2. The third-order valence-electron chi connectivity index (χ3n) is 3.83. The van der Waals surface area contributed by atoms with E-state index in [1.165, 1.54) is 37.0 Å². The van der Waals surface area contributed by atoms with Crippen molar-refractivity contribution in [2.24, 2.45) is 0 Å². The largest absolute Gasteiger partial charge is 0.395 e. The van der Waals surface area contributed by atoms with Gasteiger partial charge in [0, 0.05) is 23.1 Å².